The summed E-state index contributed by atoms with van der Waals surface area (Å²) >= 11 is 0. The van der Waals surface area contributed by atoms with Crippen molar-refractivity contribution in [2.24, 2.45) is 5.92 Å². The number of nitrogens with two attached hydrogens (primary N) is 1. The van der Waals surface area contributed by atoms with Crippen LogP contribution in [0.5, 0.6) is 0 Å². The van der Waals surface area contributed by atoms with Gasteiger partial charge in [-0.2, -0.15) is 5.26 Å². The number of hydrogen-bond donors (Lipinski definition) is 1. The van der Waals surface area contributed by atoms with E-state index in [1.54, 1.807) is 0 Å². The molecule has 2 aliphatic heterocycles. The lowest BCUT2D eigenvalue weighted by molar-refractivity contribution is -0.721. The number of quaternary nitrogens is 1. The Kier molecular flexibility index (Phi) is 4.16. The van der Waals surface area contributed by atoms with Crippen molar-refractivity contribution in [2.75, 3.05) is 39.8 Å². The Morgan fingerprint density at radius 3 is 2.75 bits per heavy atom. The maximum absolute atomic E-state index is 8.88. The summed E-state index contributed by atoms with van der Waals surface area (Å²) in [5.41, 5.74) is 0. The highest BCUT2D eigenvalue weighted by atomic mass is 15.3. The van der Waals surface area contributed by atoms with E-state index in [0.717, 1.165) is 13.0 Å². The van der Waals surface area contributed by atoms with E-state index in [4.69, 9.17) is 5.26 Å². The Hall–Kier alpha value is -0.630. The Morgan fingerprint density at radius 2 is 2.06 bits per heavy atom. The lowest BCUT2D eigenvalue weighted by Crippen LogP contribution is -2.96. The van der Waals surface area contributed by atoms with Gasteiger partial charge in [0.15, 0.2) is 0 Å². The molecule has 0 aromatic carbocycles. The fraction of sp³-hybridized carbons (Fsp3) is 0.917. The van der Waals surface area contributed by atoms with Crippen molar-refractivity contribution in [3.8, 4) is 6.07 Å². The van der Waals surface area contributed by atoms with Crippen molar-refractivity contribution < 1.29 is 5.32 Å². The molecule has 4 nitrogen and oxygen atoms in total. The van der Waals surface area contributed by atoms with Gasteiger partial charge < -0.3 is 10.2 Å². The molecule has 0 saturated carbocycles. The molecule has 2 rings (SSSR count). The van der Waals surface area contributed by atoms with E-state index in [0.29, 0.717) is 6.17 Å². The Bertz CT molecular complexity index is 252. The minimum atomic E-state index is 0.283. The molecule has 0 aliphatic carbocycles. The molecule has 2 unspecified atom stereocenters. The molecule has 90 valence electrons. The number of nitriles is 1. The van der Waals surface area contributed by atoms with E-state index in [-0.39, 0.29) is 5.92 Å². The first-order valence-electron chi connectivity index (χ1n) is 6.45. The van der Waals surface area contributed by atoms with E-state index in [9.17, 15) is 0 Å². The van der Waals surface area contributed by atoms with Gasteiger partial charge in [0.05, 0.1) is 18.5 Å². The summed E-state index contributed by atoms with van der Waals surface area (Å²) in [6.45, 7) is 5.82. The number of likely N-dealkylation sites (N-methyl/N-ethyl adjacent to an activating group) is 1. The van der Waals surface area contributed by atoms with Crippen LogP contribution in [0.3, 0.4) is 0 Å². The Balaban J connectivity index is 1.82. The Morgan fingerprint density at radius 1 is 1.19 bits per heavy atom. The second-order valence-electron chi connectivity index (χ2n) is 5.13. The zero-order valence-corrected chi connectivity index (χ0v) is 10.2. The van der Waals surface area contributed by atoms with Gasteiger partial charge in [-0.1, -0.05) is 0 Å². The van der Waals surface area contributed by atoms with Gasteiger partial charge >= 0.3 is 0 Å². The van der Waals surface area contributed by atoms with Crippen LogP contribution in [-0.2, 0) is 0 Å². The van der Waals surface area contributed by atoms with Gasteiger partial charge in [0.25, 0.3) is 0 Å². The first kappa shape index (κ1) is 11.8. The quantitative estimate of drug-likeness (QED) is 0.649. The van der Waals surface area contributed by atoms with Crippen LogP contribution in [0.4, 0.5) is 0 Å². The van der Waals surface area contributed by atoms with Gasteiger partial charge in [-0.25, -0.2) is 0 Å². The highest BCUT2D eigenvalue weighted by Gasteiger charge is 2.29. The van der Waals surface area contributed by atoms with E-state index in [1.165, 1.54) is 39.0 Å². The standard InChI is InChI=1S/C12H22N4/c1-15-5-2-6-16(8-7-15)12-4-3-11(9-13)10-14-12/h11-12,14H,2-8,10H2,1H3/p+1. The minimum absolute atomic E-state index is 0.283. The largest absolute Gasteiger partial charge is 0.330 e. The molecule has 2 aliphatic rings. The number of piperidine rings is 1. The van der Waals surface area contributed by atoms with Crippen LogP contribution in [0.15, 0.2) is 0 Å². The van der Waals surface area contributed by atoms with Crippen molar-refractivity contribution in [2.45, 2.75) is 25.4 Å². The summed E-state index contributed by atoms with van der Waals surface area (Å²) in [6.07, 6.45) is 4.19. The second-order valence-corrected chi connectivity index (χ2v) is 5.13. The summed E-state index contributed by atoms with van der Waals surface area (Å²) in [6, 6.07) is 2.39. The van der Waals surface area contributed by atoms with Crippen molar-refractivity contribution in [1.82, 2.24) is 9.80 Å². The molecule has 0 bridgehead atoms. The second kappa shape index (κ2) is 5.62. The molecule has 0 spiro atoms. The van der Waals surface area contributed by atoms with E-state index < -0.39 is 0 Å². The maximum atomic E-state index is 8.88. The SMILES string of the molecule is CN1CCCN(C2CCC(C#N)C[NH2+]2)CC1. The first-order chi connectivity index (χ1) is 7.79. The van der Waals surface area contributed by atoms with Crippen LogP contribution < -0.4 is 5.32 Å². The molecule has 0 aromatic rings. The van der Waals surface area contributed by atoms with Crippen molar-refractivity contribution in [1.29, 1.82) is 5.26 Å². The molecule has 0 aromatic heterocycles. The minimum Gasteiger partial charge on any atom is -0.330 e. The monoisotopic (exact) mass is 223 g/mol. The predicted octanol–water partition coefficient (Wildman–Crippen LogP) is -0.553. The molecule has 16 heavy (non-hydrogen) atoms. The summed E-state index contributed by atoms with van der Waals surface area (Å²) < 4.78 is 0. The van der Waals surface area contributed by atoms with Gasteiger partial charge in [-0.3, -0.25) is 4.90 Å². The van der Waals surface area contributed by atoms with Gasteiger partial charge in [-0.05, 0) is 26.4 Å². The normalized spacial score (nSPS) is 34.2. The van der Waals surface area contributed by atoms with Crippen LogP contribution in [0.25, 0.3) is 0 Å². The van der Waals surface area contributed by atoms with Crippen molar-refractivity contribution in [3.63, 3.8) is 0 Å². The molecule has 4 heteroatoms. The topological polar surface area (TPSA) is 46.9 Å². The summed E-state index contributed by atoms with van der Waals surface area (Å²) in [4.78, 5) is 5.03. The molecular weight excluding hydrogens is 200 g/mol. The Labute approximate surface area is 98.2 Å². The third kappa shape index (κ3) is 2.94. The average molecular weight is 223 g/mol. The van der Waals surface area contributed by atoms with Crippen LogP contribution in [-0.4, -0.2) is 55.7 Å². The van der Waals surface area contributed by atoms with Crippen molar-refractivity contribution >= 4 is 0 Å². The van der Waals surface area contributed by atoms with Crippen LogP contribution >= 0.6 is 0 Å². The molecule has 2 N–H and O–H groups in total. The van der Waals surface area contributed by atoms with Gasteiger partial charge in [0, 0.05) is 26.1 Å². The van der Waals surface area contributed by atoms with E-state index >= 15 is 0 Å². The average Bonchev–Trinajstić information content (AvgIpc) is 2.54. The zero-order valence-electron chi connectivity index (χ0n) is 10.2. The van der Waals surface area contributed by atoms with E-state index in [2.05, 4.69) is 28.2 Å². The lowest BCUT2D eigenvalue weighted by Gasteiger charge is -2.32. The van der Waals surface area contributed by atoms with Gasteiger partial charge in [0.2, 0.25) is 0 Å². The highest BCUT2D eigenvalue weighted by molar-refractivity contribution is 4.84. The first-order valence-corrected chi connectivity index (χ1v) is 6.45. The highest BCUT2D eigenvalue weighted by Crippen LogP contribution is 2.13. The molecular formula is C12H23N4+. The number of hydrogen-bond acceptors (Lipinski definition) is 3. The fourth-order valence-corrected chi connectivity index (χ4v) is 2.78. The summed E-state index contributed by atoms with van der Waals surface area (Å²) in [7, 11) is 2.21. The fourth-order valence-electron chi connectivity index (χ4n) is 2.78. The maximum Gasteiger partial charge on any atom is 0.142 e. The predicted molar refractivity (Wildman–Crippen MR) is 62.6 cm³/mol. The third-order valence-corrected chi connectivity index (χ3v) is 3.91. The smallest absolute Gasteiger partial charge is 0.142 e. The molecule has 2 fully saturated rings. The summed E-state index contributed by atoms with van der Waals surface area (Å²) in [5.74, 6) is 0.283. The molecule has 0 radical (unpaired) electrons. The molecule has 0 amide bonds. The summed E-state index contributed by atoms with van der Waals surface area (Å²) in [5, 5.41) is 11.3. The van der Waals surface area contributed by atoms with Crippen LogP contribution in [0.2, 0.25) is 0 Å². The number of rotatable bonds is 1. The zero-order chi connectivity index (χ0) is 11.4. The molecule has 2 heterocycles. The van der Waals surface area contributed by atoms with Gasteiger partial charge in [-0.15, -0.1) is 0 Å². The number of nitrogens with zero attached hydrogens (tertiary/aromatic N) is 3. The molecule has 2 saturated heterocycles. The van der Waals surface area contributed by atoms with Crippen LogP contribution in [0, 0.1) is 17.2 Å². The van der Waals surface area contributed by atoms with E-state index in [1.807, 2.05) is 0 Å². The van der Waals surface area contributed by atoms with Crippen molar-refractivity contribution in [3.05, 3.63) is 0 Å². The van der Waals surface area contributed by atoms with Crippen LogP contribution in [0.1, 0.15) is 19.3 Å². The molecule has 2 atom stereocenters. The van der Waals surface area contributed by atoms with Gasteiger partial charge in [0.1, 0.15) is 6.17 Å². The third-order valence-electron chi connectivity index (χ3n) is 3.91. The lowest BCUT2D eigenvalue weighted by atomic mass is 9.99.